The van der Waals surface area contributed by atoms with Gasteiger partial charge in [-0.1, -0.05) is 18.9 Å². The van der Waals surface area contributed by atoms with Gasteiger partial charge >= 0.3 is 0 Å². The Labute approximate surface area is 144 Å². The molecule has 4 atom stereocenters. The van der Waals surface area contributed by atoms with Crippen molar-refractivity contribution in [1.29, 1.82) is 0 Å². The molecule has 24 heavy (non-hydrogen) atoms. The van der Waals surface area contributed by atoms with Crippen molar-refractivity contribution in [2.45, 2.75) is 68.4 Å². The lowest BCUT2D eigenvalue weighted by molar-refractivity contribution is -0.950. The van der Waals surface area contributed by atoms with Crippen LogP contribution in [0.2, 0.25) is 0 Å². The Morgan fingerprint density at radius 3 is 2.75 bits per heavy atom. The average Bonchev–Trinajstić information content (AvgIpc) is 3.35. The van der Waals surface area contributed by atoms with E-state index in [0.717, 1.165) is 42.5 Å². The van der Waals surface area contributed by atoms with Gasteiger partial charge in [0.25, 0.3) is 0 Å². The molecule has 0 unspecified atom stereocenters. The molecule has 3 heteroatoms. The number of likely N-dealkylation sites (N-methyl/N-ethyl adjacent to an activating group) is 1. The number of aromatic hydroxyl groups is 1. The van der Waals surface area contributed by atoms with Gasteiger partial charge < -0.3 is 14.7 Å². The molecule has 1 aromatic carbocycles. The molecule has 2 bridgehead atoms. The summed E-state index contributed by atoms with van der Waals surface area (Å²) in [7, 11) is 2.41. The molecule has 0 aromatic heterocycles. The van der Waals surface area contributed by atoms with Gasteiger partial charge in [0.15, 0.2) is 0 Å². The molecule has 1 aromatic rings. The van der Waals surface area contributed by atoms with Gasteiger partial charge in [-0.15, -0.1) is 0 Å². The highest BCUT2D eigenvalue weighted by atomic mass is 16.3. The van der Waals surface area contributed by atoms with E-state index in [2.05, 4.69) is 13.1 Å². The Balaban J connectivity index is 1.67. The summed E-state index contributed by atoms with van der Waals surface area (Å²) in [5.41, 5.74) is 1.93. The number of hydrogen-bond donors (Lipinski definition) is 2. The third kappa shape index (κ3) is 1.86. The molecule has 1 saturated heterocycles. The number of rotatable bonds is 2. The van der Waals surface area contributed by atoms with E-state index in [4.69, 9.17) is 0 Å². The van der Waals surface area contributed by atoms with Crippen molar-refractivity contribution < 1.29 is 14.7 Å². The number of phenols is 1. The fourth-order valence-corrected chi connectivity index (χ4v) is 6.62. The third-order valence-electron chi connectivity index (χ3n) is 7.99. The number of quaternary nitrogens is 1. The second-order valence-corrected chi connectivity index (χ2v) is 9.35. The third-order valence-corrected chi connectivity index (χ3v) is 7.99. The predicted molar refractivity (Wildman–Crippen MR) is 94.0 cm³/mol. The second kappa shape index (κ2) is 4.76. The molecule has 1 aliphatic heterocycles. The van der Waals surface area contributed by atoms with Crippen molar-refractivity contribution >= 4 is 0 Å². The summed E-state index contributed by atoms with van der Waals surface area (Å²) in [6.07, 6.45) is 9.17. The topological polar surface area (TPSA) is 40.5 Å². The largest absolute Gasteiger partial charge is 0.508 e. The second-order valence-electron chi connectivity index (χ2n) is 9.35. The van der Waals surface area contributed by atoms with Gasteiger partial charge in [0.1, 0.15) is 17.4 Å². The lowest BCUT2D eigenvalue weighted by atomic mass is 9.49. The summed E-state index contributed by atoms with van der Waals surface area (Å²) in [6.45, 7) is 2.43. The fourth-order valence-electron chi connectivity index (χ4n) is 6.62. The van der Waals surface area contributed by atoms with Gasteiger partial charge in [0.05, 0.1) is 20.1 Å². The first-order valence-corrected chi connectivity index (χ1v) is 9.86. The van der Waals surface area contributed by atoms with Crippen molar-refractivity contribution in [2.24, 2.45) is 5.92 Å². The van der Waals surface area contributed by atoms with Crippen molar-refractivity contribution in [2.75, 3.05) is 20.1 Å². The molecule has 1 heterocycles. The maximum absolute atomic E-state index is 12.1. The van der Waals surface area contributed by atoms with Crippen LogP contribution in [0.15, 0.2) is 18.2 Å². The van der Waals surface area contributed by atoms with Crippen LogP contribution in [-0.2, 0) is 11.8 Å². The molecule has 2 saturated carbocycles. The van der Waals surface area contributed by atoms with Crippen molar-refractivity contribution in [3.63, 3.8) is 0 Å². The zero-order valence-corrected chi connectivity index (χ0v) is 14.8. The van der Waals surface area contributed by atoms with Crippen molar-refractivity contribution in [3.8, 4) is 5.75 Å². The van der Waals surface area contributed by atoms with Crippen LogP contribution in [0.3, 0.4) is 0 Å². The molecule has 3 fully saturated rings. The number of phenolic OH excluding ortho intramolecular Hbond substituents is 1. The van der Waals surface area contributed by atoms with Crippen LogP contribution in [0.1, 0.15) is 56.1 Å². The first-order chi connectivity index (χ1) is 11.5. The van der Waals surface area contributed by atoms with Gasteiger partial charge in [-0.2, -0.15) is 0 Å². The van der Waals surface area contributed by atoms with E-state index in [1.54, 1.807) is 0 Å². The standard InChI is InChI=1S/C21H29NO2/c1-22(14-15-4-5-15)11-10-20-8-2-3-9-21(20,24)19(22)12-16-6-7-17(23)13-18(16)20/h6-7,13,15,19,24H,2-5,8-12,14H2,1H3/p+1/t19-,20+,21+,22+/m0/s1. The van der Waals surface area contributed by atoms with E-state index in [1.807, 2.05) is 12.1 Å². The molecule has 3 aliphatic carbocycles. The molecular weight excluding hydrogens is 298 g/mol. The lowest BCUT2D eigenvalue weighted by Crippen LogP contribution is -2.77. The van der Waals surface area contributed by atoms with E-state index < -0.39 is 5.60 Å². The van der Waals surface area contributed by atoms with Gasteiger partial charge in [-0.05, 0) is 48.9 Å². The fraction of sp³-hybridized carbons (Fsp3) is 0.714. The van der Waals surface area contributed by atoms with Crippen LogP contribution in [0.25, 0.3) is 0 Å². The first-order valence-electron chi connectivity index (χ1n) is 9.86. The average molecular weight is 328 g/mol. The van der Waals surface area contributed by atoms with E-state index in [1.165, 1.54) is 43.5 Å². The number of benzene rings is 1. The highest BCUT2D eigenvalue weighted by Crippen LogP contribution is 2.60. The normalized spacial score (nSPS) is 43.8. The van der Waals surface area contributed by atoms with E-state index in [0.29, 0.717) is 11.8 Å². The van der Waals surface area contributed by atoms with Crippen LogP contribution < -0.4 is 0 Å². The molecule has 0 spiro atoms. The Morgan fingerprint density at radius 2 is 1.96 bits per heavy atom. The summed E-state index contributed by atoms with van der Waals surface area (Å²) in [6, 6.07) is 6.26. The summed E-state index contributed by atoms with van der Waals surface area (Å²) >= 11 is 0. The first kappa shape index (κ1) is 15.2. The number of piperidine rings is 1. The molecule has 3 nitrogen and oxygen atoms in total. The molecule has 2 N–H and O–H groups in total. The molecule has 0 radical (unpaired) electrons. The van der Waals surface area contributed by atoms with Gasteiger partial charge in [-0.25, -0.2) is 0 Å². The van der Waals surface area contributed by atoms with Crippen LogP contribution in [-0.4, -0.2) is 46.5 Å². The van der Waals surface area contributed by atoms with E-state index >= 15 is 0 Å². The Morgan fingerprint density at radius 1 is 1.17 bits per heavy atom. The number of likely N-dealkylation sites (tertiary alicyclic amines) is 1. The number of fused-ring (bicyclic) bond motifs is 1. The minimum Gasteiger partial charge on any atom is -0.508 e. The molecule has 5 rings (SSSR count). The zero-order chi connectivity index (χ0) is 16.6. The molecular formula is C21H30NO2+. The summed E-state index contributed by atoms with van der Waals surface area (Å²) in [4.78, 5) is 0. The SMILES string of the molecule is C[N@+]1(CC2CC2)CC[C@@]23CCCC[C@@]2(O)[C@@H]1Cc1ccc(O)cc13. The van der Waals surface area contributed by atoms with Crippen LogP contribution >= 0.6 is 0 Å². The van der Waals surface area contributed by atoms with E-state index in [-0.39, 0.29) is 5.41 Å². The summed E-state index contributed by atoms with van der Waals surface area (Å²) < 4.78 is 1.06. The Bertz CT molecular complexity index is 684. The zero-order valence-electron chi connectivity index (χ0n) is 14.8. The monoisotopic (exact) mass is 328 g/mol. The molecule has 0 amide bonds. The molecule has 130 valence electrons. The highest BCUT2D eigenvalue weighted by Gasteiger charge is 2.68. The molecule has 4 aliphatic rings. The van der Waals surface area contributed by atoms with Gasteiger partial charge in [0, 0.05) is 24.2 Å². The minimum absolute atomic E-state index is 0.121. The van der Waals surface area contributed by atoms with Gasteiger partial charge in [0.2, 0.25) is 0 Å². The Hall–Kier alpha value is -1.06. The smallest absolute Gasteiger partial charge is 0.126 e. The van der Waals surface area contributed by atoms with Crippen molar-refractivity contribution in [3.05, 3.63) is 29.3 Å². The van der Waals surface area contributed by atoms with E-state index in [9.17, 15) is 10.2 Å². The summed E-state index contributed by atoms with van der Waals surface area (Å²) in [5, 5.41) is 22.2. The van der Waals surface area contributed by atoms with Crippen molar-refractivity contribution in [1.82, 2.24) is 0 Å². The maximum Gasteiger partial charge on any atom is 0.126 e. The predicted octanol–water partition coefficient (Wildman–Crippen LogP) is 3.12. The quantitative estimate of drug-likeness (QED) is 0.819. The number of nitrogens with zero attached hydrogens (tertiary/aromatic N) is 1. The number of hydrogen-bond acceptors (Lipinski definition) is 2. The van der Waals surface area contributed by atoms with Crippen LogP contribution in [0.5, 0.6) is 5.75 Å². The lowest BCUT2D eigenvalue weighted by Gasteiger charge is -2.65. The minimum atomic E-state index is -0.589. The summed E-state index contributed by atoms with van der Waals surface area (Å²) in [5.74, 6) is 1.24. The van der Waals surface area contributed by atoms with Crippen LogP contribution in [0.4, 0.5) is 0 Å². The highest BCUT2D eigenvalue weighted by molar-refractivity contribution is 5.47. The van der Waals surface area contributed by atoms with Gasteiger partial charge in [-0.3, -0.25) is 0 Å². The van der Waals surface area contributed by atoms with Crippen LogP contribution in [0, 0.1) is 5.92 Å². The Kier molecular flexibility index (Phi) is 3.02. The maximum atomic E-state index is 12.1. The number of aliphatic hydroxyl groups is 1.